The molecule has 2 aromatic carbocycles. The summed E-state index contributed by atoms with van der Waals surface area (Å²) in [4.78, 5) is 26.3. The van der Waals surface area contributed by atoms with Crippen LogP contribution in [0.1, 0.15) is 48.5 Å². The van der Waals surface area contributed by atoms with Crippen LogP contribution in [0.25, 0.3) is 0 Å². The van der Waals surface area contributed by atoms with Crippen molar-refractivity contribution in [2.75, 3.05) is 19.1 Å². The predicted octanol–water partition coefficient (Wildman–Crippen LogP) is 4.31. The van der Waals surface area contributed by atoms with Crippen molar-refractivity contribution in [1.82, 2.24) is 0 Å². The van der Waals surface area contributed by atoms with Gasteiger partial charge >= 0.3 is 5.97 Å². The normalized spacial score (nSPS) is 19.9. The highest BCUT2D eigenvalue weighted by molar-refractivity contribution is 5.94. The summed E-state index contributed by atoms with van der Waals surface area (Å²) in [6, 6.07) is 11.2. The Morgan fingerprint density at radius 1 is 1.12 bits per heavy atom. The molecular weight excluding hydrogens is 435 g/mol. The minimum atomic E-state index is -0.528. The largest absolute Gasteiger partial charge is 0.489 e. The molecule has 0 aliphatic heterocycles. The third kappa shape index (κ3) is 5.33. The Kier molecular flexibility index (Phi) is 8.50. The number of esters is 1. The van der Waals surface area contributed by atoms with Crippen molar-refractivity contribution < 1.29 is 23.5 Å². The number of hydrogen-bond acceptors (Lipinski definition) is 5. The van der Waals surface area contributed by atoms with Crippen LogP contribution in [-0.4, -0.2) is 38.2 Å². The second-order valence-electron chi connectivity index (χ2n) is 8.18. The van der Waals surface area contributed by atoms with Crippen LogP contribution in [0.2, 0.25) is 0 Å². The fraction of sp³-hybridized carbons (Fsp3) is 0.417. The topological polar surface area (TPSA) is 81.9 Å². The van der Waals surface area contributed by atoms with Gasteiger partial charge in [0.15, 0.2) is 0 Å². The summed E-state index contributed by atoms with van der Waals surface area (Å²) in [5.74, 6) is -1.07. The quantitative estimate of drug-likeness (QED) is 0.617. The van der Waals surface area contributed by atoms with Gasteiger partial charge in [0, 0.05) is 24.6 Å². The van der Waals surface area contributed by atoms with Crippen molar-refractivity contribution in [3.63, 3.8) is 0 Å². The number of anilines is 1. The van der Waals surface area contributed by atoms with Gasteiger partial charge in [-0.05, 0) is 62.6 Å². The zero-order valence-electron chi connectivity index (χ0n) is 18.7. The number of hydrogen-bond donors (Lipinski definition) is 1. The molecule has 0 radical (unpaired) electrons. The number of carbonyl (C=O) groups excluding carboxylic acids is 2. The summed E-state index contributed by atoms with van der Waals surface area (Å²) < 4.78 is 24.6. The number of nitrogens with zero attached hydrogens (tertiary/aromatic N) is 1. The number of benzene rings is 2. The van der Waals surface area contributed by atoms with Crippen molar-refractivity contribution in [2.45, 2.75) is 44.8 Å². The lowest BCUT2D eigenvalue weighted by molar-refractivity contribution is -0.145. The van der Waals surface area contributed by atoms with Gasteiger partial charge in [0.05, 0.1) is 24.8 Å². The maximum atomic E-state index is 13.5. The molecule has 0 bridgehead atoms. The minimum Gasteiger partial charge on any atom is -0.489 e. The number of rotatable bonds is 7. The lowest BCUT2D eigenvalue weighted by Gasteiger charge is -2.34. The van der Waals surface area contributed by atoms with Gasteiger partial charge in [0.2, 0.25) is 5.91 Å². The minimum absolute atomic E-state index is 0. The van der Waals surface area contributed by atoms with Crippen molar-refractivity contribution in [3.8, 4) is 5.75 Å². The van der Waals surface area contributed by atoms with Gasteiger partial charge in [0.25, 0.3) is 0 Å². The number of carbonyl (C=O) groups is 2. The lowest BCUT2D eigenvalue weighted by atomic mass is 9.85. The molecule has 3 rings (SSSR count). The number of primary amides is 1. The van der Waals surface area contributed by atoms with E-state index < -0.39 is 5.91 Å². The molecule has 0 aromatic heterocycles. The van der Waals surface area contributed by atoms with E-state index in [0.717, 1.165) is 12.0 Å². The van der Waals surface area contributed by atoms with E-state index in [0.29, 0.717) is 23.4 Å². The van der Waals surface area contributed by atoms with E-state index in [4.69, 9.17) is 15.2 Å². The third-order valence-electron chi connectivity index (χ3n) is 5.86. The highest BCUT2D eigenvalue weighted by Crippen LogP contribution is 2.45. The zero-order valence-corrected chi connectivity index (χ0v) is 19.5. The zero-order chi connectivity index (χ0) is 22.7. The monoisotopic (exact) mass is 464 g/mol. The summed E-state index contributed by atoms with van der Waals surface area (Å²) in [5.41, 5.74) is 7.46. The van der Waals surface area contributed by atoms with E-state index >= 15 is 0 Å². The van der Waals surface area contributed by atoms with Crippen LogP contribution in [0.5, 0.6) is 5.75 Å². The standard InChI is InChI=1S/C24H29FN2O4.ClH/c1-14(2)31-21-12-7-16(23(26)28)13-20(21)27(3)19-11-10-18(24(29)30-4)22(19)15-5-8-17(25)9-6-15;/h5-9,12-14,18-19,22H,10-11H2,1-4H3,(H2,26,28);1H/t18-,19-,22+;/m0./s1. The van der Waals surface area contributed by atoms with E-state index in [1.54, 1.807) is 30.3 Å². The Morgan fingerprint density at radius 3 is 2.34 bits per heavy atom. The fourth-order valence-electron chi connectivity index (χ4n) is 4.45. The molecule has 174 valence electrons. The molecule has 1 saturated carbocycles. The molecule has 3 atom stereocenters. The molecule has 2 aromatic rings. The molecule has 1 amide bonds. The molecule has 0 saturated heterocycles. The molecule has 2 N–H and O–H groups in total. The van der Waals surface area contributed by atoms with Gasteiger partial charge in [0.1, 0.15) is 11.6 Å². The summed E-state index contributed by atoms with van der Waals surface area (Å²) in [6.45, 7) is 3.85. The summed E-state index contributed by atoms with van der Waals surface area (Å²) >= 11 is 0. The first-order chi connectivity index (χ1) is 14.7. The van der Waals surface area contributed by atoms with Crippen LogP contribution in [0.3, 0.4) is 0 Å². The smallest absolute Gasteiger partial charge is 0.309 e. The Balaban J connectivity index is 0.00000363. The summed E-state index contributed by atoms with van der Waals surface area (Å²) in [5, 5.41) is 0. The van der Waals surface area contributed by atoms with Crippen LogP contribution in [-0.2, 0) is 9.53 Å². The Labute approximate surface area is 194 Å². The first kappa shape index (κ1) is 25.5. The highest BCUT2D eigenvalue weighted by Gasteiger charge is 2.44. The van der Waals surface area contributed by atoms with Crippen molar-refractivity contribution in [3.05, 3.63) is 59.4 Å². The molecule has 1 fully saturated rings. The van der Waals surface area contributed by atoms with E-state index in [1.165, 1.54) is 19.2 Å². The molecule has 6 nitrogen and oxygen atoms in total. The maximum Gasteiger partial charge on any atom is 0.309 e. The SMILES string of the molecule is COC(=O)[C@H]1CC[C@H](N(C)c2cc(C(N)=O)ccc2OC(C)C)[C@@H]1c1ccc(F)cc1.Cl. The third-order valence-corrected chi connectivity index (χ3v) is 5.86. The van der Waals surface area contributed by atoms with Crippen LogP contribution in [0, 0.1) is 11.7 Å². The fourth-order valence-corrected chi connectivity index (χ4v) is 4.45. The second kappa shape index (κ2) is 10.7. The highest BCUT2D eigenvalue weighted by atomic mass is 35.5. The first-order valence-corrected chi connectivity index (χ1v) is 10.4. The molecule has 32 heavy (non-hydrogen) atoms. The van der Waals surface area contributed by atoms with Gasteiger partial charge in [-0.3, -0.25) is 9.59 Å². The summed E-state index contributed by atoms with van der Waals surface area (Å²) in [7, 11) is 3.29. The number of halogens is 2. The van der Waals surface area contributed by atoms with Crippen molar-refractivity contribution >= 4 is 30.0 Å². The Bertz CT molecular complexity index is 952. The van der Waals surface area contributed by atoms with E-state index in [1.807, 2.05) is 25.8 Å². The molecular formula is C24H30ClFN2O4. The Hall–Kier alpha value is -2.80. The number of likely N-dealkylation sites (N-methyl/N-ethyl adjacent to an activating group) is 1. The van der Waals surface area contributed by atoms with E-state index in [9.17, 15) is 14.0 Å². The predicted molar refractivity (Wildman–Crippen MR) is 124 cm³/mol. The molecule has 8 heteroatoms. The van der Waals surface area contributed by atoms with Crippen LogP contribution in [0.4, 0.5) is 10.1 Å². The van der Waals surface area contributed by atoms with E-state index in [-0.39, 0.29) is 48.2 Å². The number of amides is 1. The molecule has 0 unspecified atom stereocenters. The summed E-state index contributed by atoms with van der Waals surface area (Å²) in [6.07, 6.45) is 1.30. The molecule has 1 aliphatic carbocycles. The second-order valence-corrected chi connectivity index (χ2v) is 8.18. The van der Waals surface area contributed by atoms with Crippen LogP contribution >= 0.6 is 12.4 Å². The van der Waals surface area contributed by atoms with Gasteiger partial charge in [-0.25, -0.2) is 4.39 Å². The van der Waals surface area contributed by atoms with Crippen LogP contribution in [0.15, 0.2) is 42.5 Å². The molecule has 1 aliphatic rings. The van der Waals surface area contributed by atoms with Crippen molar-refractivity contribution in [2.24, 2.45) is 11.7 Å². The number of methoxy groups -OCH3 is 1. The Morgan fingerprint density at radius 2 is 1.78 bits per heavy atom. The van der Waals surface area contributed by atoms with Gasteiger partial charge < -0.3 is 20.1 Å². The van der Waals surface area contributed by atoms with Gasteiger partial charge in [-0.1, -0.05) is 12.1 Å². The first-order valence-electron chi connectivity index (χ1n) is 10.4. The average Bonchev–Trinajstić information content (AvgIpc) is 3.18. The molecule has 0 heterocycles. The number of ether oxygens (including phenoxy) is 2. The van der Waals surface area contributed by atoms with Gasteiger partial charge in [-0.15, -0.1) is 12.4 Å². The van der Waals surface area contributed by atoms with Gasteiger partial charge in [-0.2, -0.15) is 0 Å². The molecule has 0 spiro atoms. The van der Waals surface area contributed by atoms with E-state index in [2.05, 4.69) is 0 Å². The lowest BCUT2D eigenvalue weighted by Crippen LogP contribution is -2.37. The average molecular weight is 465 g/mol. The van der Waals surface area contributed by atoms with Crippen molar-refractivity contribution in [1.29, 1.82) is 0 Å². The maximum absolute atomic E-state index is 13.5. The van der Waals surface area contributed by atoms with Crippen LogP contribution < -0.4 is 15.4 Å². The number of nitrogens with two attached hydrogens (primary N) is 1.